The lowest BCUT2D eigenvalue weighted by Crippen LogP contribution is -2.30. The lowest BCUT2D eigenvalue weighted by atomic mass is 10.0. The number of hydrogen-bond acceptors (Lipinski definition) is 5. The van der Waals surface area contributed by atoms with Gasteiger partial charge in [0.05, 0.1) is 23.5 Å². The van der Waals surface area contributed by atoms with Crippen LogP contribution in [0.3, 0.4) is 0 Å². The summed E-state index contributed by atoms with van der Waals surface area (Å²) in [7, 11) is 0. The first-order valence-electron chi connectivity index (χ1n) is 8.18. The van der Waals surface area contributed by atoms with Crippen LogP contribution >= 0.6 is 0 Å². The fourth-order valence-corrected chi connectivity index (χ4v) is 3.40. The van der Waals surface area contributed by atoms with E-state index in [-0.39, 0.29) is 24.1 Å². The molecule has 4 N–H and O–H groups in total. The molecule has 1 aromatic carbocycles. The lowest BCUT2D eigenvalue weighted by Gasteiger charge is -2.25. The van der Waals surface area contributed by atoms with Crippen LogP contribution in [0.1, 0.15) is 28.4 Å². The summed E-state index contributed by atoms with van der Waals surface area (Å²) in [6.07, 6.45) is 0.0661. The van der Waals surface area contributed by atoms with Gasteiger partial charge in [0.15, 0.2) is 11.5 Å². The largest absolute Gasteiger partial charge is 0.344 e. The maximum atomic E-state index is 14.3. The highest BCUT2D eigenvalue weighted by Gasteiger charge is 2.37. The molecular formula is C17H15F3N6O. The van der Waals surface area contributed by atoms with Gasteiger partial charge in [-0.15, -0.1) is 0 Å². The molecule has 3 aromatic rings. The number of nitrogen functional groups attached to an aromatic ring is 1. The van der Waals surface area contributed by atoms with Crippen molar-refractivity contribution in [1.82, 2.24) is 20.6 Å². The number of nitrogens with one attached hydrogen (secondary N) is 2. The van der Waals surface area contributed by atoms with Crippen molar-refractivity contribution in [2.45, 2.75) is 18.6 Å². The molecule has 27 heavy (non-hydrogen) atoms. The molecular weight excluding hydrogens is 361 g/mol. The number of nitrogens with zero attached hydrogens (tertiary/aromatic N) is 3. The number of anilines is 1. The number of aromatic amines is 1. The van der Waals surface area contributed by atoms with Gasteiger partial charge >= 0.3 is 0 Å². The summed E-state index contributed by atoms with van der Waals surface area (Å²) in [4.78, 5) is 17.4. The number of nitrogens with two attached hydrogens (primary N) is 1. The van der Waals surface area contributed by atoms with Gasteiger partial charge in [-0.25, -0.2) is 24.0 Å². The average Bonchev–Trinajstić information content (AvgIpc) is 3.25. The van der Waals surface area contributed by atoms with Crippen LogP contribution in [0, 0.1) is 11.6 Å². The summed E-state index contributed by atoms with van der Waals surface area (Å²) in [5, 5.41) is 7.32. The summed E-state index contributed by atoms with van der Waals surface area (Å²) >= 11 is 0. The molecule has 1 amide bonds. The second-order valence-corrected chi connectivity index (χ2v) is 6.31. The molecule has 2 aromatic heterocycles. The van der Waals surface area contributed by atoms with E-state index in [1.807, 2.05) is 5.43 Å². The molecule has 3 heterocycles. The molecule has 0 unspecified atom stereocenters. The van der Waals surface area contributed by atoms with Crippen LogP contribution in [0.2, 0.25) is 0 Å². The van der Waals surface area contributed by atoms with Gasteiger partial charge in [-0.1, -0.05) is 0 Å². The molecule has 7 nitrogen and oxygen atoms in total. The van der Waals surface area contributed by atoms with Gasteiger partial charge in [-0.2, -0.15) is 5.10 Å². The van der Waals surface area contributed by atoms with E-state index >= 15 is 0 Å². The molecule has 1 saturated heterocycles. The number of carbonyl (C=O) groups is 1. The van der Waals surface area contributed by atoms with Gasteiger partial charge in [0.2, 0.25) is 0 Å². The van der Waals surface area contributed by atoms with Crippen LogP contribution in [0.4, 0.5) is 19.0 Å². The van der Waals surface area contributed by atoms with E-state index in [0.717, 1.165) is 18.2 Å². The number of benzene rings is 1. The smallest absolute Gasteiger partial charge is 0.266 e. The second kappa shape index (κ2) is 6.54. The quantitative estimate of drug-likeness (QED) is 0.369. The maximum absolute atomic E-state index is 14.3. The minimum absolute atomic E-state index is 0.00880. The van der Waals surface area contributed by atoms with Crippen molar-refractivity contribution in [3.8, 4) is 0 Å². The third kappa shape index (κ3) is 2.97. The Kier molecular flexibility index (Phi) is 4.19. The fraction of sp³-hybridized carbons (Fsp3) is 0.235. The molecule has 0 radical (unpaired) electrons. The summed E-state index contributed by atoms with van der Waals surface area (Å²) in [5.74, 6) is 3.67. The van der Waals surface area contributed by atoms with Crippen LogP contribution < -0.4 is 16.2 Å². The van der Waals surface area contributed by atoms with Gasteiger partial charge in [-0.05, 0) is 24.3 Å². The fourth-order valence-electron chi connectivity index (χ4n) is 3.40. The van der Waals surface area contributed by atoms with Gasteiger partial charge in [0.1, 0.15) is 17.8 Å². The van der Waals surface area contributed by atoms with Crippen LogP contribution in [0.25, 0.3) is 11.0 Å². The van der Waals surface area contributed by atoms with Gasteiger partial charge in [-0.3, -0.25) is 15.3 Å². The Morgan fingerprint density at radius 1 is 1.33 bits per heavy atom. The van der Waals surface area contributed by atoms with Crippen LogP contribution in [0.5, 0.6) is 0 Å². The molecule has 0 saturated carbocycles. The summed E-state index contributed by atoms with van der Waals surface area (Å²) < 4.78 is 42.1. The van der Waals surface area contributed by atoms with Gasteiger partial charge in [0.25, 0.3) is 5.91 Å². The molecule has 1 fully saturated rings. The van der Waals surface area contributed by atoms with Gasteiger partial charge in [0, 0.05) is 18.2 Å². The highest BCUT2D eigenvalue weighted by Crippen LogP contribution is 2.40. The van der Waals surface area contributed by atoms with Crippen LogP contribution in [-0.4, -0.2) is 33.8 Å². The number of H-pyrrole nitrogens is 1. The van der Waals surface area contributed by atoms with Crippen LogP contribution in [-0.2, 0) is 0 Å². The van der Waals surface area contributed by atoms with E-state index in [1.54, 1.807) is 4.90 Å². The minimum Gasteiger partial charge on any atom is -0.344 e. The molecule has 2 atom stereocenters. The van der Waals surface area contributed by atoms with E-state index in [9.17, 15) is 18.0 Å². The maximum Gasteiger partial charge on any atom is 0.266 e. The third-order valence-corrected chi connectivity index (χ3v) is 4.63. The SMILES string of the molecule is NNC(=O)c1cnc2[nH]nc(N3C[C@@H](F)C[C@@H]3c3cc(F)ccc3F)c2c1. The Balaban J connectivity index is 1.81. The Labute approximate surface area is 151 Å². The van der Waals surface area contributed by atoms with Crippen molar-refractivity contribution in [1.29, 1.82) is 0 Å². The zero-order chi connectivity index (χ0) is 19.1. The number of pyridine rings is 1. The van der Waals surface area contributed by atoms with Crippen molar-refractivity contribution in [3.05, 3.63) is 53.2 Å². The van der Waals surface area contributed by atoms with Crippen molar-refractivity contribution in [2.24, 2.45) is 5.84 Å². The molecule has 1 aliphatic heterocycles. The molecule has 0 aliphatic carbocycles. The molecule has 10 heteroatoms. The number of carbonyl (C=O) groups excluding carboxylic acids is 1. The molecule has 0 spiro atoms. The number of hydrazine groups is 1. The Bertz CT molecular complexity index is 1020. The predicted molar refractivity (Wildman–Crippen MR) is 91.5 cm³/mol. The zero-order valence-corrected chi connectivity index (χ0v) is 13.9. The number of rotatable bonds is 3. The van der Waals surface area contributed by atoms with Crippen molar-refractivity contribution in [3.63, 3.8) is 0 Å². The number of amides is 1. The first kappa shape index (κ1) is 17.3. The van der Waals surface area contributed by atoms with E-state index < -0.39 is 29.8 Å². The van der Waals surface area contributed by atoms with E-state index in [1.165, 1.54) is 12.3 Å². The van der Waals surface area contributed by atoms with Crippen LogP contribution in [0.15, 0.2) is 30.5 Å². The van der Waals surface area contributed by atoms with Crippen molar-refractivity contribution in [2.75, 3.05) is 11.4 Å². The molecule has 140 valence electrons. The first-order chi connectivity index (χ1) is 13.0. The lowest BCUT2D eigenvalue weighted by molar-refractivity contribution is 0.0953. The normalized spacial score (nSPS) is 19.6. The standard InChI is InChI=1S/C17H15F3N6O/c18-9-1-2-13(20)11(4-9)14-5-10(19)7-26(14)16-12-3-8(17(27)23-21)6-22-15(12)24-25-16/h1-4,6,10,14H,5,7,21H2,(H,23,27)(H,22,24,25)/t10-,14+/m0/s1. The van der Waals surface area contributed by atoms with Gasteiger partial charge < -0.3 is 4.90 Å². The zero-order valence-electron chi connectivity index (χ0n) is 13.9. The Hall–Kier alpha value is -3.14. The Morgan fingerprint density at radius 3 is 2.93 bits per heavy atom. The summed E-state index contributed by atoms with van der Waals surface area (Å²) in [6, 6.07) is 3.85. The van der Waals surface area contributed by atoms with Crippen molar-refractivity contribution < 1.29 is 18.0 Å². The predicted octanol–water partition coefficient (Wildman–Crippen LogP) is 2.13. The molecule has 4 rings (SSSR count). The third-order valence-electron chi connectivity index (χ3n) is 4.63. The number of hydrogen-bond donors (Lipinski definition) is 3. The number of aromatic nitrogens is 3. The van der Waals surface area contributed by atoms with E-state index in [0.29, 0.717) is 16.9 Å². The number of halogens is 3. The van der Waals surface area contributed by atoms with E-state index in [2.05, 4.69) is 15.2 Å². The monoisotopic (exact) mass is 376 g/mol. The molecule has 0 bridgehead atoms. The van der Waals surface area contributed by atoms with E-state index in [4.69, 9.17) is 5.84 Å². The minimum atomic E-state index is -1.24. The van der Waals surface area contributed by atoms with Crippen molar-refractivity contribution >= 4 is 22.8 Å². The Morgan fingerprint density at radius 2 is 2.15 bits per heavy atom. The first-order valence-corrected chi connectivity index (χ1v) is 8.18. The second-order valence-electron chi connectivity index (χ2n) is 6.31. The summed E-state index contributed by atoms with van der Waals surface area (Å²) in [5.41, 5.74) is 2.63. The summed E-state index contributed by atoms with van der Waals surface area (Å²) in [6.45, 7) is -0.0477. The average molecular weight is 376 g/mol. The molecule has 1 aliphatic rings. The topological polar surface area (TPSA) is 99.9 Å². The highest BCUT2D eigenvalue weighted by atomic mass is 19.1. The number of fused-ring (bicyclic) bond motifs is 1. The number of alkyl halides is 1. The highest BCUT2D eigenvalue weighted by molar-refractivity contribution is 5.99.